The lowest BCUT2D eigenvalue weighted by atomic mass is 10.0. The van der Waals surface area contributed by atoms with Crippen LogP contribution in [-0.4, -0.2) is 4.98 Å². The minimum absolute atomic E-state index is 0.103. The Morgan fingerprint density at radius 1 is 1.53 bits per heavy atom. The minimum Gasteiger partial charge on any atom is -0.271 e. The van der Waals surface area contributed by atoms with Crippen LogP contribution in [0.1, 0.15) is 16.5 Å². The van der Waals surface area contributed by atoms with E-state index in [1.165, 1.54) is 6.07 Å². The van der Waals surface area contributed by atoms with Crippen LogP contribution in [0.15, 0.2) is 29.9 Å². The Labute approximate surface area is 107 Å². The van der Waals surface area contributed by atoms with E-state index in [0.717, 1.165) is 10.4 Å². The van der Waals surface area contributed by atoms with E-state index in [-0.39, 0.29) is 11.1 Å². The number of nitrogens with one attached hydrogen (secondary N) is 1. The maximum Gasteiger partial charge on any atom is 0.141 e. The van der Waals surface area contributed by atoms with Gasteiger partial charge < -0.3 is 0 Å². The summed E-state index contributed by atoms with van der Waals surface area (Å²) in [5.41, 5.74) is 5.32. The molecule has 0 bridgehead atoms. The van der Waals surface area contributed by atoms with E-state index in [1.807, 2.05) is 0 Å². The highest BCUT2D eigenvalue weighted by atomic mass is 35.5. The molecule has 0 aliphatic carbocycles. The molecule has 3 nitrogen and oxygen atoms in total. The summed E-state index contributed by atoms with van der Waals surface area (Å²) in [7, 11) is 0. The van der Waals surface area contributed by atoms with Crippen LogP contribution in [-0.2, 0) is 6.42 Å². The zero-order chi connectivity index (χ0) is 12.3. The molecule has 0 fully saturated rings. The van der Waals surface area contributed by atoms with Gasteiger partial charge in [0.1, 0.15) is 5.82 Å². The van der Waals surface area contributed by atoms with E-state index in [4.69, 9.17) is 17.4 Å². The summed E-state index contributed by atoms with van der Waals surface area (Å²) in [5, 5.41) is 0.104. The third-order valence-electron chi connectivity index (χ3n) is 2.44. The normalized spacial score (nSPS) is 12.6. The number of halogens is 2. The molecule has 0 amide bonds. The fourth-order valence-corrected chi connectivity index (χ4v) is 2.38. The van der Waals surface area contributed by atoms with E-state index in [9.17, 15) is 4.39 Å². The Balaban J connectivity index is 2.20. The monoisotopic (exact) mass is 271 g/mol. The number of hydrazine groups is 1. The predicted octanol–water partition coefficient (Wildman–Crippen LogP) is 2.68. The Hall–Kier alpha value is -1.01. The molecule has 2 aromatic rings. The molecule has 0 spiro atoms. The molecule has 6 heteroatoms. The lowest BCUT2D eigenvalue weighted by Crippen LogP contribution is -2.29. The fourth-order valence-electron chi connectivity index (χ4n) is 1.55. The molecule has 0 radical (unpaired) electrons. The molecule has 0 aliphatic rings. The molecule has 2 rings (SSSR count). The summed E-state index contributed by atoms with van der Waals surface area (Å²) in [5.74, 6) is 5.08. The van der Waals surface area contributed by atoms with Crippen molar-refractivity contribution in [2.45, 2.75) is 12.5 Å². The van der Waals surface area contributed by atoms with Crippen LogP contribution in [0, 0.1) is 5.82 Å². The van der Waals surface area contributed by atoms with Crippen LogP contribution in [0.5, 0.6) is 0 Å². The van der Waals surface area contributed by atoms with Crippen LogP contribution in [0.25, 0.3) is 0 Å². The average Bonchev–Trinajstić information content (AvgIpc) is 2.82. The molecule has 3 N–H and O–H groups in total. The molecule has 0 saturated heterocycles. The maximum absolute atomic E-state index is 13.1. The van der Waals surface area contributed by atoms with Gasteiger partial charge in [0, 0.05) is 17.5 Å². The standard InChI is InChI=1S/C11H11ClFN3S/c12-9-3-7(1-2-10(9)13)11(16-14)4-8-5-15-6-17-8/h1-3,5-6,11,16H,4,14H2. The van der Waals surface area contributed by atoms with Crippen molar-refractivity contribution in [3.8, 4) is 0 Å². The van der Waals surface area contributed by atoms with Crippen LogP contribution in [0.3, 0.4) is 0 Å². The van der Waals surface area contributed by atoms with E-state index in [0.29, 0.717) is 6.42 Å². The second-order valence-corrected chi connectivity index (χ2v) is 4.94. The highest BCUT2D eigenvalue weighted by Gasteiger charge is 2.13. The zero-order valence-electron chi connectivity index (χ0n) is 8.86. The first kappa shape index (κ1) is 12.4. The van der Waals surface area contributed by atoms with E-state index in [2.05, 4.69) is 10.4 Å². The molecular weight excluding hydrogens is 261 g/mol. The summed E-state index contributed by atoms with van der Waals surface area (Å²) in [6.07, 6.45) is 2.49. The Morgan fingerprint density at radius 2 is 2.35 bits per heavy atom. The highest BCUT2D eigenvalue weighted by Crippen LogP contribution is 2.24. The molecule has 1 unspecified atom stereocenters. The molecule has 0 aliphatic heterocycles. The Morgan fingerprint density at radius 3 is 2.94 bits per heavy atom. The second-order valence-electron chi connectivity index (χ2n) is 3.56. The van der Waals surface area contributed by atoms with Gasteiger partial charge in [0.25, 0.3) is 0 Å². The lowest BCUT2D eigenvalue weighted by Gasteiger charge is -2.15. The van der Waals surface area contributed by atoms with Gasteiger partial charge in [-0.05, 0) is 17.7 Å². The van der Waals surface area contributed by atoms with E-state index < -0.39 is 5.82 Å². The van der Waals surface area contributed by atoms with Gasteiger partial charge in [-0.15, -0.1) is 11.3 Å². The van der Waals surface area contributed by atoms with Gasteiger partial charge in [-0.2, -0.15) is 0 Å². The van der Waals surface area contributed by atoms with Gasteiger partial charge in [-0.1, -0.05) is 17.7 Å². The fraction of sp³-hybridized carbons (Fsp3) is 0.182. The quantitative estimate of drug-likeness (QED) is 0.664. The van der Waals surface area contributed by atoms with Gasteiger partial charge in [0.2, 0.25) is 0 Å². The van der Waals surface area contributed by atoms with Crippen LogP contribution >= 0.6 is 22.9 Å². The first-order valence-electron chi connectivity index (χ1n) is 4.99. The summed E-state index contributed by atoms with van der Waals surface area (Å²) in [6.45, 7) is 0. The number of benzene rings is 1. The summed E-state index contributed by atoms with van der Waals surface area (Å²) in [6, 6.07) is 4.50. The largest absolute Gasteiger partial charge is 0.271 e. The highest BCUT2D eigenvalue weighted by molar-refractivity contribution is 7.09. The van der Waals surface area contributed by atoms with Crippen LogP contribution in [0.4, 0.5) is 4.39 Å². The summed E-state index contributed by atoms with van der Waals surface area (Å²) >= 11 is 7.30. The van der Waals surface area contributed by atoms with Crippen molar-refractivity contribution in [3.63, 3.8) is 0 Å². The second kappa shape index (κ2) is 5.55. The van der Waals surface area contributed by atoms with Crippen LogP contribution < -0.4 is 11.3 Å². The number of aromatic nitrogens is 1. The number of nitrogens with two attached hydrogens (primary N) is 1. The Bertz CT molecular complexity index is 489. The smallest absolute Gasteiger partial charge is 0.141 e. The molecule has 1 aromatic carbocycles. The molecular formula is C11H11ClFN3S. The predicted molar refractivity (Wildman–Crippen MR) is 67.3 cm³/mol. The molecule has 1 heterocycles. The van der Waals surface area contributed by atoms with Crippen molar-refractivity contribution in [2.24, 2.45) is 5.84 Å². The minimum atomic E-state index is -0.427. The zero-order valence-corrected chi connectivity index (χ0v) is 10.4. The number of thiazole rings is 1. The maximum atomic E-state index is 13.1. The first-order chi connectivity index (χ1) is 8.20. The van der Waals surface area contributed by atoms with Crippen molar-refractivity contribution < 1.29 is 4.39 Å². The Kier molecular flexibility index (Phi) is 4.06. The number of rotatable bonds is 4. The summed E-state index contributed by atoms with van der Waals surface area (Å²) < 4.78 is 13.1. The van der Waals surface area contributed by atoms with E-state index in [1.54, 1.807) is 35.2 Å². The van der Waals surface area contributed by atoms with Gasteiger partial charge >= 0.3 is 0 Å². The van der Waals surface area contributed by atoms with Crippen molar-refractivity contribution in [3.05, 3.63) is 51.2 Å². The molecule has 17 heavy (non-hydrogen) atoms. The SMILES string of the molecule is NNC(Cc1cncs1)c1ccc(F)c(Cl)c1. The van der Waals surface area contributed by atoms with Crippen molar-refractivity contribution in [1.29, 1.82) is 0 Å². The number of hydrogen-bond acceptors (Lipinski definition) is 4. The molecule has 1 atom stereocenters. The van der Waals surface area contributed by atoms with Crippen molar-refractivity contribution in [2.75, 3.05) is 0 Å². The summed E-state index contributed by atoms with van der Waals surface area (Å²) in [4.78, 5) is 5.10. The number of nitrogens with zero attached hydrogens (tertiary/aromatic N) is 1. The van der Waals surface area contributed by atoms with Gasteiger partial charge in [-0.3, -0.25) is 16.3 Å². The van der Waals surface area contributed by atoms with Gasteiger partial charge in [0.05, 0.1) is 16.6 Å². The third-order valence-corrected chi connectivity index (χ3v) is 3.53. The molecule has 90 valence electrons. The molecule has 0 saturated carbocycles. The van der Waals surface area contributed by atoms with Gasteiger partial charge in [-0.25, -0.2) is 4.39 Å². The van der Waals surface area contributed by atoms with Crippen molar-refractivity contribution >= 4 is 22.9 Å². The first-order valence-corrected chi connectivity index (χ1v) is 6.25. The lowest BCUT2D eigenvalue weighted by molar-refractivity contribution is 0.552. The molecule has 1 aromatic heterocycles. The topological polar surface area (TPSA) is 50.9 Å². The number of hydrogen-bond donors (Lipinski definition) is 2. The van der Waals surface area contributed by atoms with Crippen molar-refractivity contribution in [1.82, 2.24) is 10.4 Å². The van der Waals surface area contributed by atoms with Crippen LogP contribution in [0.2, 0.25) is 5.02 Å². The average molecular weight is 272 g/mol. The third kappa shape index (κ3) is 3.01. The van der Waals surface area contributed by atoms with Gasteiger partial charge in [0.15, 0.2) is 0 Å². The van der Waals surface area contributed by atoms with E-state index >= 15 is 0 Å².